The monoisotopic (exact) mass is 295 g/mol. The van der Waals surface area contributed by atoms with Gasteiger partial charge in [-0.05, 0) is 42.9 Å². The number of ether oxygens (including phenoxy) is 1. The van der Waals surface area contributed by atoms with Gasteiger partial charge in [0.05, 0.1) is 19.6 Å². The summed E-state index contributed by atoms with van der Waals surface area (Å²) < 4.78 is 10.2. The van der Waals surface area contributed by atoms with E-state index in [2.05, 4.69) is 15.5 Å². The minimum atomic E-state index is -0.541. The van der Waals surface area contributed by atoms with E-state index in [9.17, 15) is 4.79 Å². The topological polar surface area (TPSA) is 77.2 Å². The minimum absolute atomic E-state index is 0.252. The summed E-state index contributed by atoms with van der Waals surface area (Å²) in [6, 6.07) is 6.74. The second kappa shape index (κ2) is 6.49. The van der Waals surface area contributed by atoms with Crippen LogP contribution in [-0.4, -0.2) is 35.6 Å². The molecule has 106 valence electrons. The highest BCUT2D eigenvalue weighted by Crippen LogP contribution is 2.20. The fourth-order valence-electron chi connectivity index (χ4n) is 1.67. The lowest BCUT2D eigenvalue weighted by atomic mass is 10.2. The summed E-state index contributed by atoms with van der Waals surface area (Å²) in [5.74, 6) is 1.56. The SMILES string of the molecule is CNC(Cc1nc(-c2ccc(OC)cc2)no1)C(=O)Cl. The largest absolute Gasteiger partial charge is 0.497 e. The number of methoxy groups -OCH3 is 1. The summed E-state index contributed by atoms with van der Waals surface area (Å²) in [6.45, 7) is 0. The van der Waals surface area contributed by atoms with Gasteiger partial charge in [-0.15, -0.1) is 0 Å². The number of halogens is 1. The number of hydrogen-bond donors (Lipinski definition) is 1. The molecule has 1 aromatic carbocycles. The van der Waals surface area contributed by atoms with E-state index in [1.54, 1.807) is 14.2 Å². The quantitative estimate of drug-likeness (QED) is 0.816. The lowest BCUT2D eigenvalue weighted by Crippen LogP contribution is -2.33. The standard InChI is InChI=1S/C13H14ClN3O3/c1-15-10(12(14)18)7-11-16-13(17-20-11)8-3-5-9(19-2)6-4-8/h3-6,10,15H,7H2,1-2H3. The summed E-state index contributed by atoms with van der Waals surface area (Å²) in [6.07, 6.45) is 0.252. The molecule has 1 atom stereocenters. The highest BCUT2D eigenvalue weighted by molar-refractivity contribution is 6.64. The molecule has 2 aromatic rings. The number of aromatic nitrogens is 2. The van der Waals surface area contributed by atoms with Crippen molar-refractivity contribution in [1.82, 2.24) is 15.5 Å². The average Bonchev–Trinajstić information content (AvgIpc) is 2.93. The van der Waals surface area contributed by atoms with Gasteiger partial charge in [-0.1, -0.05) is 5.16 Å². The maximum atomic E-state index is 11.1. The van der Waals surface area contributed by atoms with E-state index < -0.39 is 11.3 Å². The van der Waals surface area contributed by atoms with Crippen LogP contribution in [0.2, 0.25) is 0 Å². The average molecular weight is 296 g/mol. The van der Waals surface area contributed by atoms with Crippen molar-refractivity contribution < 1.29 is 14.1 Å². The maximum Gasteiger partial charge on any atom is 0.239 e. The van der Waals surface area contributed by atoms with E-state index in [1.807, 2.05) is 24.3 Å². The molecule has 0 aliphatic heterocycles. The van der Waals surface area contributed by atoms with E-state index in [1.165, 1.54) is 0 Å². The van der Waals surface area contributed by atoms with Gasteiger partial charge in [0, 0.05) is 5.56 Å². The third-order valence-corrected chi connectivity index (χ3v) is 3.08. The molecule has 0 spiro atoms. The normalized spacial score (nSPS) is 12.2. The van der Waals surface area contributed by atoms with Crippen molar-refractivity contribution in [2.24, 2.45) is 0 Å². The van der Waals surface area contributed by atoms with Gasteiger partial charge in [0.1, 0.15) is 5.75 Å². The van der Waals surface area contributed by atoms with Gasteiger partial charge in [0.15, 0.2) is 0 Å². The van der Waals surface area contributed by atoms with Crippen LogP contribution >= 0.6 is 11.6 Å². The Morgan fingerprint density at radius 3 is 2.70 bits per heavy atom. The number of likely N-dealkylation sites (N-methyl/N-ethyl adjacent to an activating group) is 1. The highest BCUT2D eigenvalue weighted by atomic mass is 35.5. The zero-order chi connectivity index (χ0) is 14.5. The van der Waals surface area contributed by atoms with Gasteiger partial charge in [-0.2, -0.15) is 4.98 Å². The summed E-state index contributed by atoms with van der Waals surface area (Å²) in [7, 11) is 3.24. The summed E-state index contributed by atoms with van der Waals surface area (Å²) >= 11 is 5.45. The van der Waals surface area contributed by atoms with E-state index in [0.717, 1.165) is 11.3 Å². The summed E-state index contributed by atoms with van der Waals surface area (Å²) in [5.41, 5.74) is 0.805. The third-order valence-electron chi connectivity index (χ3n) is 2.82. The molecule has 0 amide bonds. The Bertz CT molecular complexity index is 583. The molecule has 0 aliphatic carbocycles. The van der Waals surface area contributed by atoms with Crippen molar-refractivity contribution in [1.29, 1.82) is 0 Å². The van der Waals surface area contributed by atoms with E-state index >= 15 is 0 Å². The molecule has 0 radical (unpaired) electrons. The van der Waals surface area contributed by atoms with Crippen LogP contribution in [0.3, 0.4) is 0 Å². The Hall–Kier alpha value is -1.92. The molecule has 1 aromatic heterocycles. The van der Waals surface area contributed by atoms with Crippen molar-refractivity contribution in [3.05, 3.63) is 30.2 Å². The first-order valence-electron chi connectivity index (χ1n) is 5.97. The Morgan fingerprint density at radius 2 is 2.15 bits per heavy atom. The van der Waals surface area contributed by atoms with Crippen LogP contribution in [0, 0.1) is 0 Å². The van der Waals surface area contributed by atoms with Crippen LogP contribution in [0.1, 0.15) is 5.89 Å². The predicted octanol–water partition coefficient (Wildman–Crippen LogP) is 1.64. The van der Waals surface area contributed by atoms with Gasteiger partial charge >= 0.3 is 0 Å². The van der Waals surface area contributed by atoms with Crippen molar-refractivity contribution in [2.75, 3.05) is 14.2 Å². The lowest BCUT2D eigenvalue weighted by molar-refractivity contribution is -0.113. The number of carbonyl (C=O) groups is 1. The molecule has 1 unspecified atom stereocenters. The fourth-order valence-corrected chi connectivity index (χ4v) is 1.85. The minimum Gasteiger partial charge on any atom is -0.497 e. The van der Waals surface area contributed by atoms with E-state index in [-0.39, 0.29) is 6.42 Å². The van der Waals surface area contributed by atoms with Crippen molar-refractivity contribution in [3.8, 4) is 17.1 Å². The molecule has 2 rings (SSSR count). The Morgan fingerprint density at radius 1 is 1.45 bits per heavy atom. The first-order chi connectivity index (χ1) is 9.63. The van der Waals surface area contributed by atoms with Crippen molar-refractivity contribution in [2.45, 2.75) is 12.5 Å². The smallest absolute Gasteiger partial charge is 0.239 e. The molecule has 20 heavy (non-hydrogen) atoms. The first-order valence-corrected chi connectivity index (χ1v) is 6.35. The van der Waals surface area contributed by atoms with E-state index in [4.69, 9.17) is 20.9 Å². The van der Waals surface area contributed by atoms with Gasteiger partial charge in [0.2, 0.25) is 17.0 Å². The van der Waals surface area contributed by atoms with Crippen molar-refractivity contribution in [3.63, 3.8) is 0 Å². The molecule has 0 saturated carbocycles. The van der Waals surface area contributed by atoms with Crippen LogP contribution < -0.4 is 10.1 Å². The van der Waals surface area contributed by atoms with Crippen LogP contribution in [0.25, 0.3) is 11.4 Å². The van der Waals surface area contributed by atoms with Gasteiger partial charge in [0.25, 0.3) is 0 Å². The molecule has 0 saturated heterocycles. The number of carbonyl (C=O) groups excluding carboxylic acids is 1. The van der Waals surface area contributed by atoms with Crippen LogP contribution in [0.5, 0.6) is 5.75 Å². The Balaban J connectivity index is 2.13. The number of benzene rings is 1. The molecule has 0 aliphatic rings. The lowest BCUT2D eigenvalue weighted by Gasteiger charge is -2.06. The number of hydrogen-bond acceptors (Lipinski definition) is 6. The van der Waals surface area contributed by atoms with E-state index in [0.29, 0.717) is 11.7 Å². The summed E-state index contributed by atoms with van der Waals surface area (Å²) in [5, 5.41) is 6.18. The van der Waals surface area contributed by atoms with Crippen LogP contribution in [-0.2, 0) is 11.2 Å². The predicted molar refractivity (Wildman–Crippen MR) is 73.7 cm³/mol. The molecular weight excluding hydrogens is 282 g/mol. The van der Waals surface area contributed by atoms with Crippen LogP contribution in [0.15, 0.2) is 28.8 Å². The molecule has 1 heterocycles. The highest BCUT2D eigenvalue weighted by Gasteiger charge is 2.18. The van der Waals surface area contributed by atoms with Gasteiger partial charge < -0.3 is 14.6 Å². The number of nitrogens with zero attached hydrogens (tertiary/aromatic N) is 2. The second-order valence-electron chi connectivity index (χ2n) is 4.09. The zero-order valence-electron chi connectivity index (χ0n) is 11.1. The van der Waals surface area contributed by atoms with Gasteiger partial charge in [-0.3, -0.25) is 4.79 Å². The number of nitrogens with one attached hydrogen (secondary N) is 1. The van der Waals surface area contributed by atoms with Crippen LogP contribution in [0.4, 0.5) is 0 Å². The third kappa shape index (κ3) is 3.34. The first kappa shape index (κ1) is 14.5. The maximum absolute atomic E-state index is 11.1. The second-order valence-corrected chi connectivity index (χ2v) is 4.46. The number of rotatable bonds is 6. The van der Waals surface area contributed by atoms with Gasteiger partial charge in [-0.25, -0.2) is 0 Å². The molecule has 0 fully saturated rings. The molecule has 1 N–H and O–H groups in total. The Labute approximate surface area is 121 Å². The molecular formula is C13H14ClN3O3. The molecule has 7 heteroatoms. The molecule has 0 bridgehead atoms. The summed E-state index contributed by atoms with van der Waals surface area (Å²) in [4.78, 5) is 15.4. The Kier molecular flexibility index (Phi) is 4.70. The fraction of sp³-hybridized carbons (Fsp3) is 0.308. The zero-order valence-corrected chi connectivity index (χ0v) is 11.8. The molecule has 6 nitrogen and oxygen atoms in total. The van der Waals surface area contributed by atoms with Crippen molar-refractivity contribution >= 4 is 16.8 Å².